The molecular formula is C17H24ClF3N4. The average molecular weight is 377 g/mol. The van der Waals surface area contributed by atoms with Crippen molar-refractivity contribution >= 4 is 17.6 Å². The van der Waals surface area contributed by atoms with Crippen molar-refractivity contribution in [1.82, 2.24) is 15.1 Å². The molecule has 0 aromatic heterocycles. The van der Waals surface area contributed by atoms with Gasteiger partial charge in [0.05, 0.1) is 0 Å². The zero-order chi connectivity index (χ0) is 18.4. The highest BCUT2D eigenvalue weighted by Gasteiger charge is 2.41. The highest BCUT2D eigenvalue weighted by atomic mass is 35.5. The van der Waals surface area contributed by atoms with Crippen molar-refractivity contribution < 1.29 is 13.2 Å². The van der Waals surface area contributed by atoms with E-state index in [-0.39, 0.29) is 0 Å². The molecule has 1 atom stereocenters. The van der Waals surface area contributed by atoms with E-state index in [1.165, 1.54) is 11.8 Å². The highest BCUT2D eigenvalue weighted by Crippen LogP contribution is 2.25. The maximum absolute atomic E-state index is 12.8. The molecule has 0 bridgehead atoms. The minimum Gasteiger partial charge on any atom is -0.356 e. The largest absolute Gasteiger partial charge is 0.403 e. The third kappa shape index (κ3) is 5.78. The first-order valence-electron chi connectivity index (χ1n) is 8.32. The Bertz CT molecular complexity index is 584. The van der Waals surface area contributed by atoms with Gasteiger partial charge < -0.3 is 10.2 Å². The van der Waals surface area contributed by atoms with Crippen LogP contribution in [0.4, 0.5) is 13.2 Å². The van der Waals surface area contributed by atoms with E-state index in [9.17, 15) is 13.2 Å². The Labute approximate surface area is 151 Å². The maximum Gasteiger partial charge on any atom is 0.403 e. The first-order valence-corrected chi connectivity index (χ1v) is 8.70. The van der Waals surface area contributed by atoms with Crippen LogP contribution < -0.4 is 5.32 Å². The third-order valence-corrected chi connectivity index (χ3v) is 4.67. The van der Waals surface area contributed by atoms with Gasteiger partial charge in [0.15, 0.2) is 5.96 Å². The molecule has 1 aliphatic heterocycles. The Balaban J connectivity index is 1.80. The van der Waals surface area contributed by atoms with Crippen LogP contribution >= 0.6 is 11.6 Å². The third-order valence-electron chi connectivity index (χ3n) is 4.43. The lowest BCUT2D eigenvalue weighted by Crippen LogP contribution is -2.56. The molecule has 0 spiro atoms. The molecule has 1 aromatic rings. The van der Waals surface area contributed by atoms with E-state index in [2.05, 4.69) is 10.3 Å². The van der Waals surface area contributed by atoms with Gasteiger partial charge in [-0.1, -0.05) is 23.7 Å². The van der Waals surface area contributed by atoms with Crippen LogP contribution in [0.2, 0.25) is 5.02 Å². The molecule has 1 heterocycles. The first kappa shape index (κ1) is 19.8. The number of piperazine rings is 1. The van der Waals surface area contributed by atoms with Crippen molar-refractivity contribution in [2.45, 2.75) is 25.6 Å². The number of hydrogen-bond donors (Lipinski definition) is 1. The highest BCUT2D eigenvalue weighted by molar-refractivity contribution is 6.30. The van der Waals surface area contributed by atoms with Gasteiger partial charge in [0.2, 0.25) is 0 Å². The normalized spacial score (nSPS) is 18.3. The molecule has 25 heavy (non-hydrogen) atoms. The van der Waals surface area contributed by atoms with Crippen molar-refractivity contribution in [2.75, 3.05) is 39.8 Å². The summed E-state index contributed by atoms with van der Waals surface area (Å²) in [5.74, 6) is 0.723. The Morgan fingerprint density at radius 2 is 1.96 bits per heavy atom. The number of guanidine groups is 1. The van der Waals surface area contributed by atoms with Gasteiger partial charge in [-0.25, -0.2) is 0 Å². The lowest BCUT2D eigenvalue weighted by molar-refractivity contribution is -0.181. The lowest BCUT2D eigenvalue weighted by Gasteiger charge is -2.39. The molecule has 0 radical (unpaired) electrons. The Hall–Kier alpha value is -1.47. The van der Waals surface area contributed by atoms with Crippen LogP contribution in [-0.4, -0.2) is 67.7 Å². The predicted octanol–water partition coefficient (Wildman–Crippen LogP) is 3.03. The summed E-state index contributed by atoms with van der Waals surface area (Å²) in [6, 6.07) is 6.26. The molecule has 140 valence electrons. The van der Waals surface area contributed by atoms with Gasteiger partial charge in [0.25, 0.3) is 0 Å². The van der Waals surface area contributed by atoms with Gasteiger partial charge >= 0.3 is 6.18 Å². The molecule has 4 nitrogen and oxygen atoms in total. The second-order valence-corrected chi connectivity index (χ2v) is 6.53. The van der Waals surface area contributed by atoms with Crippen molar-refractivity contribution in [2.24, 2.45) is 4.99 Å². The fourth-order valence-corrected chi connectivity index (χ4v) is 3.08. The number of halogens is 4. The molecule has 2 rings (SSSR count). The number of benzene rings is 1. The van der Waals surface area contributed by atoms with Crippen molar-refractivity contribution in [3.63, 3.8) is 0 Å². The predicted molar refractivity (Wildman–Crippen MR) is 95.2 cm³/mol. The minimum atomic E-state index is -4.18. The molecule has 8 heteroatoms. The maximum atomic E-state index is 12.8. The lowest BCUT2D eigenvalue weighted by atomic mass is 10.1. The van der Waals surface area contributed by atoms with Crippen LogP contribution in [0.25, 0.3) is 0 Å². The summed E-state index contributed by atoms with van der Waals surface area (Å²) in [5.41, 5.74) is 1.12. The van der Waals surface area contributed by atoms with E-state index in [1.54, 1.807) is 7.05 Å². The Kier molecular flexibility index (Phi) is 6.95. The van der Waals surface area contributed by atoms with E-state index in [1.807, 2.05) is 29.2 Å². The quantitative estimate of drug-likeness (QED) is 0.647. The average Bonchev–Trinajstić information content (AvgIpc) is 2.58. The Morgan fingerprint density at radius 3 is 2.52 bits per heavy atom. The summed E-state index contributed by atoms with van der Waals surface area (Å²) in [6.45, 7) is 3.69. The van der Waals surface area contributed by atoms with Crippen molar-refractivity contribution in [3.05, 3.63) is 34.9 Å². The standard InChI is InChI=1S/C17H24ClF3N4/c1-13(17(19,20)21)24-8-10-25(11-9-24)16(22-2)23-7-6-14-4-3-5-15(18)12-14/h3-5,12-13H,6-11H2,1-2H3,(H,22,23). The van der Waals surface area contributed by atoms with Crippen LogP contribution in [0.5, 0.6) is 0 Å². The number of hydrogen-bond acceptors (Lipinski definition) is 2. The number of aliphatic imine (C=N–C) groups is 1. The van der Waals surface area contributed by atoms with E-state index in [0.717, 1.165) is 17.9 Å². The van der Waals surface area contributed by atoms with E-state index >= 15 is 0 Å². The molecule has 1 aliphatic rings. The zero-order valence-electron chi connectivity index (χ0n) is 14.5. The fraction of sp³-hybridized carbons (Fsp3) is 0.588. The van der Waals surface area contributed by atoms with Gasteiger partial charge in [-0.3, -0.25) is 9.89 Å². The smallest absolute Gasteiger partial charge is 0.356 e. The molecule has 1 saturated heterocycles. The molecule has 0 aliphatic carbocycles. The minimum absolute atomic E-state index is 0.371. The fourth-order valence-electron chi connectivity index (χ4n) is 2.87. The SMILES string of the molecule is CN=C(NCCc1cccc(Cl)c1)N1CCN(C(C)C(F)(F)F)CC1. The van der Waals surface area contributed by atoms with Gasteiger partial charge in [-0.15, -0.1) is 0 Å². The van der Waals surface area contributed by atoms with Crippen LogP contribution in [0.1, 0.15) is 12.5 Å². The van der Waals surface area contributed by atoms with Gasteiger partial charge in [0.1, 0.15) is 6.04 Å². The van der Waals surface area contributed by atoms with Crippen molar-refractivity contribution in [1.29, 1.82) is 0 Å². The van der Waals surface area contributed by atoms with Crippen LogP contribution in [0.3, 0.4) is 0 Å². The number of nitrogens with zero attached hydrogens (tertiary/aromatic N) is 3. The monoisotopic (exact) mass is 376 g/mol. The van der Waals surface area contributed by atoms with E-state index in [4.69, 9.17) is 11.6 Å². The topological polar surface area (TPSA) is 30.9 Å². The summed E-state index contributed by atoms with van der Waals surface area (Å²) < 4.78 is 38.4. The molecule has 0 saturated carbocycles. The summed E-state index contributed by atoms with van der Waals surface area (Å²) in [4.78, 5) is 7.71. The molecule has 1 N–H and O–H groups in total. The molecule has 0 amide bonds. The molecule has 1 unspecified atom stereocenters. The van der Waals surface area contributed by atoms with E-state index < -0.39 is 12.2 Å². The first-order chi connectivity index (χ1) is 11.8. The number of alkyl halides is 3. The second kappa shape index (κ2) is 8.76. The van der Waals surface area contributed by atoms with Crippen LogP contribution in [0.15, 0.2) is 29.3 Å². The van der Waals surface area contributed by atoms with Crippen molar-refractivity contribution in [3.8, 4) is 0 Å². The van der Waals surface area contributed by atoms with Gasteiger partial charge in [0, 0.05) is 44.8 Å². The summed E-state index contributed by atoms with van der Waals surface area (Å²) in [5, 5.41) is 3.98. The summed E-state index contributed by atoms with van der Waals surface area (Å²) in [7, 11) is 1.69. The zero-order valence-corrected chi connectivity index (χ0v) is 15.2. The summed E-state index contributed by atoms with van der Waals surface area (Å²) in [6.07, 6.45) is -3.39. The second-order valence-electron chi connectivity index (χ2n) is 6.09. The van der Waals surface area contributed by atoms with E-state index in [0.29, 0.717) is 37.7 Å². The summed E-state index contributed by atoms with van der Waals surface area (Å²) >= 11 is 5.97. The van der Waals surface area contributed by atoms with Gasteiger partial charge in [-0.05, 0) is 31.0 Å². The Morgan fingerprint density at radius 1 is 1.28 bits per heavy atom. The van der Waals surface area contributed by atoms with Crippen LogP contribution in [0, 0.1) is 0 Å². The molecule has 1 aromatic carbocycles. The van der Waals surface area contributed by atoms with Gasteiger partial charge in [-0.2, -0.15) is 13.2 Å². The number of nitrogens with one attached hydrogen (secondary N) is 1. The number of rotatable bonds is 4. The molecular weight excluding hydrogens is 353 g/mol. The molecule has 1 fully saturated rings. The van der Waals surface area contributed by atoms with Crippen LogP contribution in [-0.2, 0) is 6.42 Å².